The SMILES string of the molecule is CC[C@@H](C)NC(=O)[C@@H](C)N(Cc1ccc(Cl)c(Cl)c1)C(=O)CN(c1ccc(C)c(C)c1)S(=O)(=O)c1ccc(Cl)cc1. The molecule has 0 saturated carbocycles. The Labute approximate surface area is 257 Å². The zero-order valence-corrected chi connectivity index (χ0v) is 26.7. The molecule has 11 heteroatoms. The molecule has 220 valence electrons. The number of hydrogen-bond acceptors (Lipinski definition) is 4. The molecule has 1 N–H and O–H groups in total. The summed E-state index contributed by atoms with van der Waals surface area (Å²) in [7, 11) is -4.20. The highest BCUT2D eigenvalue weighted by Gasteiger charge is 2.33. The fraction of sp³-hybridized carbons (Fsp3) is 0.333. The molecule has 0 aliphatic rings. The first kappa shape index (κ1) is 32.7. The van der Waals surface area contributed by atoms with Crippen LogP contribution in [-0.4, -0.2) is 43.8 Å². The number of hydrogen-bond donors (Lipinski definition) is 1. The monoisotopic (exact) mass is 637 g/mol. The number of sulfonamides is 1. The minimum atomic E-state index is -4.20. The van der Waals surface area contributed by atoms with E-state index in [0.29, 0.717) is 32.7 Å². The number of carbonyl (C=O) groups excluding carboxylic acids is 2. The van der Waals surface area contributed by atoms with Crippen molar-refractivity contribution in [3.8, 4) is 0 Å². The number of nitrogens with zero attached hydrogens (tertiary/aromatic N) is 2. The molecule has 41 heavy (non-hydrogen) atoms. The average molecular weight is 639 g/mol. The van der Waals surface area contributed by atoms with Crippen LogP contribution in [0.3, 0.4) is 0 Å². The number of nitrogens with one attached hydrogen (secondary N) is 1. The van der Waals surface area contributed by atoms with E-state index in [4.69, 9.17) is 34.8 Å². The van der Waals surface area contributed by atoms with Crippen LogP contribution >= 0.6 is 34.8 Å². The fourth-order valence-electron chi connectivity index (χ4n) is 4.03. The number of anilines is 1. The van der Waals surface area contributed by atoms with Gasteiger partial charge >= 0.3 is 0 Å². The Morgan fingerprint density at radius 3 is 2.12 bits per heavy atom. The van der Waals surface area contributed by atoms with E-state index in [2.05, 4.69) is 5.32 Å². The van der Waals surface area contributed by atoms with Gasteiger partial charge in [0.2, 0.25) is 11.8 Å². The summed E-state index contributed by atoms with van der Waals surface area (Å²) in [6.45, 7) is 8.67. The molecule has 2 amide bonds. The third-order valence-corrected chi connectivity index (χ3v) is 9.74. The molecule has 0 heterocycles. The summed E-state index contributed by atoms with van der Waals surface area (Å²) in [5.41, 5.74) is 2.79. The van der Waals surface area contributed by atoms with Crippen LogP contribution in [0.4, 0.5) is 5.69 Å². The van der Waals surface area contributed by atoms with Gasteiger partial charge in [-0.25, -0.2) is 8.42 Å². The Kier molecular flexibility index (Phi) is 11.1. The lowest BCUT2D eigenvalue weighted by Crippen LogP contribution is -2.52. The van der Waals surface area contributed by atoms with E-state index < -0.39 is 28.5 Å². The van der Waals surface area contributed by atoms with Crippen molar-refractivity contribution in [3.05, 3.63) is 92.4 Å². The second kappa shape index (κ2) is 13.9. The minimum Gasteiger partial charge on any atom is -0.352 e. The van der Waals surface area contributed by atoms with Crippen molar-refractivity contribution < 1.29 is 18.0 Å². The summed E-state index contributed by atoms with van der Waals surface area (Å²) in [4.78, 5) is 28.5. The lowest BCUT2D eigenvalue weighted by molar-refractivity contribution is -0.139. The van der Waals surface area contributed by atoms with Gasteiger partial charge in [-0.2, -0.15) is 0 Å². The van der Waals surface area contributed by atoms with Crippen molar-refractivity contribution in [3.63, 3.8) is 0 Å². The van der Waals surface area contributed by atoms with E-state index in [-0.39, 0.29) is 23.4 Å². The van der Waals surface area contributed by atoms with Crippen molar-refractivity contribution in [2.45, 2.75) is 64.6 Å². The number of amides is 2. The summed E-state index contributed by atoms with van der Waals surface area (Å²) in [5.74, 6) is -0.926. The van der Waals surface area contributed by atoms with Gasteiger partial charge in [0.05, 0.1) is 20.6 Å². The number of aryl methyl sites for hydroxylation is 2. The third kappa shape index (κ3) is 8.16. The fourth-order valence-corrected chi connectivity index (χ4v) is 5.88. The standard InChI is InChI=1S/C30H34Cl3N3O4S/c1-6-21(4)34-30(38)22(5)35(17-23-8-14-27(32)28(33)16-23)29(37)18-36(25-11-7-19(2)20(3)15-25)41(39,40)26-12-9-24(31)10-13-26/h7-16,21-22H,6,17-18H2,1-5H3,(H,34,38)/t21-,22-/m1/s1. The molecule has 0 unspecified atom stereocenters. The molecule has 0 bridgehead atoms. The Bertz CT molecular complexity index is 1510. The van der Waals surface area contributed by atoms with Crippen molar-refractivity contribution in [2.24, 2.45) is 0 Å². The van der Waals surface area contributed by atoms with Gasteiger partial charge in [-0.15, -0.1) is 0 Å². The van der Waals surface area contributed by atoms with Crippen LogP contribution in [0.1, 0.15) is 43.9 Å². The van der Waals surface area contributed by atoms with E-state index in [1.54, 1.807) is 43.3 Å². The molecule has 0 aliphatic carbocycles. The van der Waals surface area contributed by atoms with Crippen molar-refractivity contribution in [1.82, 2.24) is 10.2 Å². The predicted molar refractivity (Wildman–Crippen MR) is 166 cm³/mol. The Hall–Kier alpha value is -2.78. The third-order valence-electron chi connectivity index (χ3n) is 6.96. The molecule has 0 spiro atoms. The zero-order valence-electron chi connectivity index (χ0n) is 23.6. The lowest BCUT2D eigenvalue weighted by Gasteiger charge is -2.32. The first-order chi connectivity index (χ1) is 19.2. The summed E-state index contributed by atoms with van der Waals surface area (Å²) < 4.78 is 28.9. The van der Waals surface area contributed by atoms with Crippen LogP contribution in [-0.2, 0) is 26.2 Å². The molecule has 2 atom stereocenters. The van der Waals surface area contributed by atoms with Gasteiger partial charge in [0, 0.05) is 17.6 Å². The van der Waals surface area contributed by atoms with E-state index in [1.165, 1.54) is 29.2 Å². The van der Waals surface area contributed by atoms with Gasteiger partial charge in [-0.05, 0) is 99.3 Å². The molecule has 3 aromatic carbocycles. The summed E-state index contributed by atoms with van der Waals surface area (Å²) >= 11 is 18.3. The largest absolute Gasteiger partial charge is 0.352 e. The van der Waals surface area contributed by atoms with Crippen molar-refractivity contribution in [2.75, 3.05) is 10.8 Å². The van der Waals surface area contributed by atoms with Crippen molar-refractivity contribution >= 4 is 62.3 Å². The maximum atomic E-state index is 14.0. The van der Waals surface area contributed by atoms with E-state index in [0.717, 1.165) is 15.4 Å². The first-order valence-electron chi connectivity index (χ1n) is 13.1. The van der Waals surface area contributed by atoms with Crippen LogP contribution < -0.4 is 9.62 Å². The Morgan fingerprint density at radius 2 is 1.54 bits per heavy atom. The maximum absolute atomic E-state index is 14.0. The van der Waals surface area contributed by atoms with Gasteiger partial charge in [0.15, 0.2) is 0 Å². The van der Waals surface area contributed by atoms with Gasteiger partial charge in [-0.1, -0.05) is 53.9 Å². The Morgan fingerprint density at radius 1 is 0.878 bits per heavy atom. The molecule has 3 rings (SSSR count). The number of benzene rings is 3. The quantitative estimate of drug-likeness (QED) is 0.251. The van der Waals surface area contributed by atoms with E-state index in [9.17, 15) is 18.0 Å². The lowest BCUT2D eigenvalue weighted by atomic mass is 10.1. The van der Waals surface area contributed by atoms with E-state index >= 15 is 0 Å². The Balaban J connectivity index is 2.06. The van der Waals surface area contributed by atoms with Crippen LogP contribution in [0.15, 0.2) is 65.6 Å². The number of rotatable bonds is 11. The maximum Gasteiger partial charge on any atom is 0.264 e. The molecular formula is C30H34Cl3N3O4S. The molecule has 7 nitrogen and oxygen atoms in total. The predicted octanol–water partition coefficient (Wildman–Crippen LogP) is 6.79. The topological polar surface area (TPSA) is 86.8 Å². The first-order valence-corrected chi connectivity index (χ1v) is 15.7. The highest BCUT2D eigenvalue weighted by atomic mass is 35.5. The summed E-state index contributed by atoms with van der Waals surface area (Å²) in [6.07, 6.45) is 0.707. The molecule has 0 saturated heterocycles. The van der Waals surface area contributed by atoms with Gasteiger partial charge in [-0.3, -0.25) is 13.9 Å². The molecule has 0 fully saturated rings. The van der Waals surface area contributed by atoms with Gasteiger partial charge in [0.25, 0.3) is 10.0 Å². The second-order valence-corrected chi connectivity index (χ2v) is 13.1. The second-order valence-electron chi connectivity index (χ2n) is 10.00. The van der Waals surface area contributed by atoms with Crippen LogP contribution in [0.25, 0.3) is 0 Å². The van der Waals surface area contributed by atoms with Crippen LogP contribution in [0, 0.1) is 13.8 Å². The molecule has 0 aromatic heterocycles. The number of carbonyl (C=O) groups is 2. The van der Waals surface area contributed by atoms with Crippen LogP contribution in [0.5, 0.6) is 0 Å². The molecule has 0 aliphatic heterocycles. The highest BCUT2D eigenvalue weighted by Crippen LogP contribution is 2.28. The summed E-state index contributed by atoms with van der Waals surface area (Å²) in [6, 6.07) is 14.8. The highest BCUT2D eigenvalue weighted by molar-refractivity contribution is 7.92. The molecular weight excluding hydrogens is 605 g/mol. The van der Waals surface area contributed by atoms with Crippen molar-refractivity contribution in [1.29, 1.82) is 0 Å². The summed E-state index contributed by atoms with van der Waals surface area (Å²) in [5, 5.41) is 3.94. The normalized spacial score (nSPS) is 12.9. The van der Waals surface area contributed by atoms with Crippen LogP contribution in [0.2, 0.25) is 15.1 Å². The zero-order chi connectivity index (χ0) is 30.5. The average Bonchev–Trinajstić information content (AvgIpc) is 2.93. The minimum absolute atomic E-state index is 0.00652. The number of halogens is 3. The van der Waals surface area contributed by atoms with Gasteiger partial charge < -0.3 is 10.2 Å². The van der Waals surface area contributed by atoms with Gasteiger partial charge in [0.1, 0.15) is 12.6 Å². The molecule has 0 radical (unpaired) electrons. The molecule has 3 aromatic rings. The van der Waals surface area contributed by atoms with E-state index in [1.807, 2.05) is 27.7 Å². The smallest absolute Gasteiger partial charge is 0.264 e.